The van der Waals surface area contributed by atoms with Gasteiger partial charge in [0.25, 0.3) is 0 Å². The van der Waals surface area contributed by atoms with Crippen molar-refractivity contribution in [2.75, 3.05) is 60.7 Å². The number of ether oxygens (including phenoxy) is 1. The van der Waals surface area contributed by atoms with Crippen LogP contribution in [0.2, 0.25) is 0 Å². The van der Waals surface area contributed by atoms with Gasteiger partial charge in [-0.05, 0) is 31.2 Å². The van der Waals surface area contributed by atoms with Crippen LogP contribution in [0.1, 0.15) is 6.92 Å². The Balaban J connectivity index is 1.67. The van der Waals surface area contributed by atoms with E-state index < -0.39 is 0 Å². The molecule has 7 heteroatoms. The molecule has 1 fully saturated rings. The van der Waals surface area contributed by atoms with Gasteiger partial charge in [-0.1, -0.05) is 0 Å². The topological polar surface area (TPSA) is 79.5 Å². The molecule has 0 aliphatic carbocycles. The summed E-state index contributed by atoms with van der Waals surface area (Å²) in [5.41, 5.74) is 8.05. The molecule has 1 aromatic heterocycles. The summed E-state index contributed by atoms with van der Waals surface area (Å²) in [6.07, 6.45) is 1.57. The van der Waals surface area contributed by atoms with Gasteiger partial charge in [0.15, 0.2) is 11.6 Å². The Hall–Kier alpha value is -2.70. The van der Waals surface area contributed by atoms with Gasteiger partial charge in [0.05, 0.1) is 7.11 Å². The summed E-state index contributed by atoms with van der Waals surface area (Å²) in [6.45, 7) is 6.40. The van der Waals surface area contributed by atoms with E-state index in [9.17, 15) is 0 Å². The zero-order valence-corrected chi connectivity index (χ0v) is 14.2. The maximum atomic E-state index is 6.22. The minimum Gasteiger partial charge on any atom is -0.497 e. The number of hydrogen-bond donors (Lipinski definition) is 2. The van der Waals surface area contributed by atoms with Gasteiger partial charge in [-0.15, -0.1) is 0 Å². The van der Waals surface area contributed by atoms with E-state index in [4.69, 9.17) is 10.5 Å². The maximum absolute atomic E-state index is 6.22. The van der Waals surface area contributed by atoms with E-state index in [0.29, 0.717) is 11.5 Å². The summed E-state index contributed by atoms with van der Waals surface area (Å²) in [6, 6.07) is 8.17. The highest BCUT2D eigenvalue weighted by atomic mass is 16.5. The van der Waals surface area contributed by atoms with Crippen LogP contribution in [0.3, 0.4) is 0 Å². The normalized spacial score (nSPS) is 14.6. The molecule has 3 N–H and O–H groups in total. The Morgan fingerprint density at radius 1 is 1.08 bits per heavy atom. The monoisotopic (exact) mass is 328 g/mol. The third-order valence-electron chi connectivity index (χ3n) is 4.22. The molecule has 128 valence electrons. The van der Waals surface area contributed by atoms with E-state index in [1.807, 2.05) is 19.1 Å². The summed E-state index contributed by atoms with van der Waals surface area (Å²) in [5, 5.41) is 3.18. The standard InChI is InChI=1S/C17H24N6O/c1-3-19-16-15(18)17(21-12-20-16)23-10-8-22(9-11-23)13-4-6-14(24-2)7-5-13/h4-7,12H,3,8-11,18H2,1-2H3,(H,19,20,21). The summed E-state index contributed by atoms with van der Waals surface area (Å²) < 4.78 is 5.21. The van der Waals surface area contributed by atoms with Crippen LogP contribution in [0.5, 0.6) is 5.75 Å². The number of hydrogen-bond acceptors (Lipinski definition) is 7. The molecule has 0 amide bonds. The molecule has 1 aliphatic heterocycles. The predicted octanol–water partition coefficient (Wildman–Crippen LogP) is 1.83. The van der Waals surface area contributed by atoms with Crippen molar-refractivity contribution in [3.8, 4) is 5.75 Å². The van der Waals surface area contributed by atoms with Crippen molar-refractivity contribution in [3.63, 3.8) is 0 Å². The summed E-state index contributed by atoms with van der Waals surface area (Å²) >= 11 is 0. The minimum absolute atomic E-state index is 0.622. The molecule has 7 nitrogen and oxygen atoms in total. The highest BCUT2D eigenvalue weighted by Gasteiger charge is 2.21. The Morgan fingerprint density at radius 3 is 2.38 bits per heavy atom. The Bertz CT molecular complexity index is 667. The van der Waals surface area contributed by atoms with E-state index in [1.54, 1.807) is 13.4 Å². The molecule has 2 aromatic rings. The molecule has 1 aromatic carbocycles. The van der Waals surface area contributed by atoms with Crippen LogP contribution in [0.25, 0.3) is 0 Å². The second kappa shape index (κ2) is 7.25. The van der Waals surface area contributed by atoms with Gasteiger partial charge in [-0.3, -0.25) is 0 Å². The van der Waals surface area contributed by atoms with Gasteiger partial charge in [-0.2, -0.15) is 0 Å². The predicted molar refractivity (Wildman–Crippen MR) is 98.0 cm³/mol. The molecule has 24 heavy (non-hydrogen) atoms. The first-order valence-corrected chi connectivity index (χ1v) is 8.21. The largest absolute Gasteiger partial charge is 0.497 e. The Labute approximate surface area is 142 Å². The van der Waals surface area contributed by atoms with Crippen LogP contribution >= 0.6 is 0 Å². The fourth-order valence-electron chi connectivity index (χ4n) is 2.92. The molecule has 0 bridgehead atoms. The number of benzene rings is 1. The smallest absolute Gasteiger partial charge is 0.157 e. The van der Waals surface area contributed by atoms with Gasteiger partial charge in [0.1, 0.15) is 17.8 Å². The zero-order valence-electron chi connectivity index (χ0n) is 14.2. The van der Waals surface area contributed by atoms with Crippen LogP contribution in [0.4, 0.5) is 23.0 Å². The van der Waals surface area contributed by atoms with E-state index in [2.05, 4.69) is 37.2 Å². The lowest BCUT2D eigenvalue weighted by molar-refractivity contribution is 0.415. The summed E-state index contributed by atoms with van der Waals surface area (Å²) in [7, 11) is 1.68. The maximum Gasteiger partial charge on any atom is 0.157 e. The number of aromatic nitrogens is 2. The minimum atomic E-state index is 0.622. The molecule has 2 heterocycles. The molecule has 0 atom stereocenters. The van der Waals surface area contributed by atoms with Crippen molar-refractivity contribution in [3.05, 3.63) is 30.6 Å². The Kier molecular flexibility index (Phi) is 4.88. The van der Waals surface area contributed by atoms with Crippen molar-refractivity contribution in [2.45, 2.75) is 6.92 Å². The van der Waals surface area contributed by atoms with Crippen molar-refractivity contribution in [1.82, 2.24) is 9.97 Å². The molecular weight excluding hydrogens is 304 g/mol. The number of anilines is 4. The number of nitrogens with one attached hydrogen (secondary N) is 1. The van der Waals surface area contributed by atoms with Crippen molar-refractivity contribution < 1.29 is 4.74 Å². The van der Waals surface area contributed by atoms with Gasteiger partial charge in [0, 0.05) is 38.4 Å². The number of nitrogens with two attached hydrogens (primary N) is 1. The molecule has 1 saturated heterocycles. The van der Waals surface area contributed by atoms with E-state index >= 15 is 0 Å². The zero-order chi connectivity index (χ0) is 16.9. The lowest BCUT2D eigenvalue weighted by atomic mass is 10.2. The number of methoxy groups -OCH3 is 1. The van der Waals surface area contributed by atoms with Crippen LogP contribution in [0.15, 0.2) is 30.6 Å². The SMILES string of the molecule is CCNc1ncnc(N2CCN(c3ccc(OC)cc3)CC2)c1N. The molecule has 1 aliphatic rings. The molecule has 0 radical (unpaired) electrons. The molecule has 3 rings (SSSR count). The number of piperazine rings is 1. The van der Waals surface area contributed by atoms with Gasteiger partial charge in [-0.25, -0.2) is 9.97 Å². The lowest BCUT2D eigenvalue weighted by Gasteiger charge is -2.37. The first-order chi connectivity index (χ1) is 11.7. The van der Waals surface area contributed by atoms with Crippen LogP contribution in [-0.2, 0) is 0 Å². The number of nitrogens with zero attached hydrogens (tertiary/aromatic N) is 4. The van der Waals surface area contributed by atoms with Gasteiger partial charge < -0.3 is 25.6 Å². The molecule has 0 unspecified atom stereocenters. The van der Waals surface area contributed by atoms with Crippen molar-refractivity contribution in [1.29, 1.82) is 0 Å². The van der Waals surface area contributed by atoms with Gasteiger partial charge in [0.2, 0.25) is 0 Å². The fourth-order valence-corrected chi connectivity index (χ4v) is 2.92. The second-order valence-electron chi connectivity index (χ2n) is 5.66. The quantitative estimate of drug-likeness (QED) is 0.866. The van der Waals surface area contributed by atoms with Crippen LogP contribution in [-0.4, -0.2) is 49.8 Å². The molecule has 0 saturated carbocycles. The van der Waals surface area contributed by atoms with E-state index in [0.717, 1.165) is 44.3 Å². The highest BCUT2D eigenvalue weighted by molar-refractivity contribution is 5.75. The van der Waals surface area contributed by atoms with Crippen LogP contribution < -0.4 is 25.6 Å². The van der Waals surface area contributed by atoms with Crippen molar-refractivity contribution >= 4 is 23.0 Å². The molecular formula is C17H24N6O. The lowest BCUT2D eigenvalue weighted by Crippen LogP contribution is -2.47. The number of nitrogen functional groups attached to an aromatic ring is 1. The van der Waals surface area contributed by atoms with E-state index in [1.165, 1.54) is 5.69 Å². The average molecular weight is 328 g/mol. The first-order valence-electron chi connectivity index (χ1n) is 8.21. The first kappa shape index (κ1) is 16.2. The fraction of sp³-hybridized carbons (Fsp3) is 0.412. The van der Waals surface area contributed by atoms with Crippen molar-refractivity contribution in [2.24, 2.45) is 0 Å². The number of rotatable bonds is 5. The summed E-state index contributed by atoms with van der Waals surface area (Å²) in [4.78, 5) is 13.2. The molecule has 0 spiro atoms. The second-order valence-corrected chi connectivity index (χ2v) is 5.66. The third-order valence-corrected chi connectivity index (χ3v) is 4.22. The average Bonchev–Trinajstić information content (AvgIpc) is 2.64. The Morgan fingerprint density at radius 2 is 1.75 bits per heavy atom. The highest BCUT2D eigenvalue weighted by Crippen LogP contribution is 2.28. The summed E-state index contributed by atoms with van der Waals surface area (Å²) in [5.74, 6) is 2.40. The van der Waals surface area contributed by atoms with Crippen LogP contribution in [0, 0.1) is 0 Å². The van der Waals surface area contributed by atoms with Gasteiger partial charge >= 0.3 is 0 Å². The van der Waals surface area contributed by atoms with E-state index in [-0.39, 0.29) is 0 Å². The third kappa shape index (κ3) is 3.29.